The molecule has 2 rings (SSSR count). The second kappa shape index (κ2) is 5.69. The smallest absolute Gasteiger partial charge is 0.244 e. The van der Waals surface area contributed by atoms with Crippen molar-refractivity contribution in [2.24, 2.45) is 5.84 Å². The topological polar surface area (TPSA) is 139 Å². The van der Waals surface area contributed by atoms with Crippen LogP contribution in [0.5, 0.6) is 0 Å². The van der Waals surface area contributed by atoms with Crippen molar-refractivity contribution < 1.29 is 13.2 Å². The summed E-state index contributed by atoms with van der Waals surface area (Å²) in [5.41, 5.74) is 2.19. The molecule has 1 fully saturated rings. The van der Waals surface area contributed by atoms with E-state index in [9.17, 15) is 13.2 Å². The number of sulfonamides is 1. The number of hydrogen-bond acceptors (Lipinski definition) is 7. The highest BCUT2D eigenvalue weighted by atomic mass is 32.2. The van der Waals surface area contributed by atoms with Crippen LogP contribution in [0.4, 0.5) is 5.95 Å². The van der Waals surface area contributed by atoms with Crippen molar-refractivity contribution in [3.63, 3.8) is 0 Å². The molecule has 1 aliphatic carbocycles. The SMILES string of the molecule is CC(NS(=O)(=O)c1cnc(NN)nc1)C(=O)NC1CC1. The van der Waals surface area contributed by atoms with Gasteiger partial charge in [-0.3, -0.25) is 10.2 Å². The molecule has 20 heavy (non-hydrogen) atoms. The van der Waals surface area contributed by atoms with Crippen LogP contribution in [0.15, 0.2) is 17.3 Å². The predicted molar refractivity (Wildman–Crippen MR) is 70.8 cm³/mol. The molecule has 0 aromatic carbocycles. The number of nitrogens with one attached hydrogen (secondary N) is 3. The van der Waals surface area contributed by atoms with E-state index in [1.165, 1.54) is 6.92 Å². The summed E-state index contributed by atoms with van der Waals surface area (Å²) in [6.45, 7) is 1.48. The molecule has 0 saturated heterocycles. The van der Waals surface area contributed by atoms with Crippen LogP contribution in [0.2, 0.25) is 0 Å². The second-order valence-corrected chi connectivity index (χ2v) is 6.23. The minimum atomic E-state index is -3.85. The fraction of sp³-hybridized carbons (Fsp3) is 0.500. The Morgan fingerprint density at radius 1 is 1.40 bits per heavy atom. The molecule has 10 heteroatoms. The Kier molecular flexibility index (Phi) is 4.16. The molecule has 1 aromatic heterocycles. The Hall–Kier alpha value is -1.78. The highest BCUT2D eigenvalue weighted by molar-refractivity contribution is 7.89. The molecule has 1 amide bonds. The van der Waals surface area contributed by atoms with Gasteiger partial charge < -0.3 is 5.32 Å². The van der Waals surface area contributed by atoms with Gasteiger partial charge in [0.2, 0.25) is 21.9 Å². The van der Waals surface area contributed by atoms with E-state index < -0.39 is 16.1 Å². The van der Waals surface area contributed by atoms with Gasteiger partial charge in [0.15, 0.2) is 0 Å². The molecule has 1 aromatic rings. The van der Waals surface area contributed by atoms with E-state index in [2.05, 4.69) is 25.4 Å². The van der Waals surface area contributed by atoms with E-state index in [0.717, 1.165) is 25.2 Å². The molecule has 9 nitrogen and oxygen atoms in total. The van der Waals surface area contributed by atoms with Gasteiger partial charge in [-0.2, -0.15) is 4.72 Å². The van der Waals surface area contributed by atoms with Crippen LogP contribution < -0.4 is 21.3 Å². The third kappa shape index (κ3) is 3.62. The van der Waals surface area contributed by atoms with Crippen molar-refractivity contribution in [2.75, 3.05) is 5.43 Å². The van der Waals surface area contributed by atoms with Crippen molar-refractivity contribution in [2.45, 2.75) is 36.7 Å². The van der Waals surface area contributed by atoms with Crippen LogP contribution >= 0.6 is 0 Å². The number of rotatable bonds is 6. The Morgan fingerprint density at radius 2 is 2.00 bits per heavy atom. The number of carbonyl (C=O) groups excluding carboxylic acids is 1. The van der Waals surface area contributed by atoms with Crippen molar-refractivity contribution in [1.82, 2.24) is 20.0 Å². The van der Waals surface area contributed by atoms with Gasteiger partial charge in [-0.25, -0.2) is 24.2 Å². The van der Waals surface area contributed by atoms with Gasteiger partial charge in [-0.15, -0.1) is 0 Å². The van der Waals surface area contributed by atoms with Crippen molar-refractivity contribution >= 4 is 21.9 Å². The predicted octanol–water partition coefficient (Wildman–Crippen LogP) is -1.29. The van der Waals surface area contributed by atoms with E-state index in [1.807, 2.05) is 0 Å². The number of aromatic nitrogens is 2. The van der Waals surface area contributed by atoms with Gasteiger partial charge in [0.05, 0.1) is 18.4 Å². The summed E-state index contributed by atoms with van der Waals surface area (Å²) < 4.78 is 26.3. The van der Waals surface area contributed by atoms with Gasteiger partial charge in [-0.05, 0) is 19.8 Å². The maximum absolute atomic E-state index is 12.0. The molecule has 0 spiro atoms. The lowest BCUT2D eigenvalue weighted by molar-refractivity contribution is -0.122. The summed E-state index contributed by atoms with van der Waals surface area (Å²) in [6.07, 6.45) is 4.09. The van der Waals surface area contributed by atoms with Crippen LogP contribution in [0.1, 0.15) is 19.8 Å². The summed E-state index contributed by atoms with van der Waals surface area (Å²) >= 11 is 0. The third-order valence-electron chi connectivity index (χ3n) is 2.72. The lowest BCUT2D eigenvalue weighted by Crippen LogP contribution is -2.45. The fourth-order valence-corrected chi connectivity index (χ4v) is 2.53. The number of hydrazine groups is 1. The first-order chi connectivity index (χ1) is 9.42. The number of nitrogen functional groups attached to an aromatic ring is 1. The molecule has 1 aliphatic rings. The average Bonchev–Trinajstić information content (AvgIpc) is 3.22. The van der Waals surface area contributed by atoms with E-state index in [4.69, 9.17) is 5.84 Å². The normalized spacial score (nSPS) is 16.5. The fourth-order valence-electron chi connectivity index (χ4n) is 1.44. The molecule has 0 bridgehead atoms. The van der Waals surface area contributed by atoms with Gasteiger partial charge >= 0.3 is 0 Å². The van der Waals surface area contributed by atoms with Crippen molar-refractivity contribution in [1.29, 1.82) is 0 Å². The summed E-state index contributed by atoms with van der Waals surface area (Å²) in [7, 11) is -3.85. The van der Waals surface area contributed by atoms with E-state index in [1.54, 1.807) is 0 Å². The number of anilines is 1. The Labute approximate surface area is 116 Å². The van der Waals surface area contributed by atoms with Gasteiger partial charge in [-0.1, -0.05) is 0 Å². The monoisotopic (exact) mass is 300 g/mol. The summed E-state index contributed by atoms with van der Waals surface area (Å²) in [6, 6.07) is -0.694. The van der Waals surface area contributed by atoms with Crippen LogP contribution in [0.3, 0.4) is 0 Å². The molecular weight excluding hydrogens is 284 g/mol. The van der Waals surface area contributed by atoms with Gasteiger partial charge in [0.1, 0.15) is 4.90 Å². The zero-order valence-electron chi connectivity index (χ0n) is 10.8. The number of nitrogens with two attached hydrogens (primary N) is 1. The van der Waals surface area contributed by atoms with E-state index in [-0.39, 0.29) is 22.8 Å². The number of hydrogen-bond donors (Lipinski definition) is 4. The quantitative estimate of drug-likeness (QED) is 0.378. The summed E-state index contributed by atoms with van der Waals surface area (Å²) in [5, 5.41) is 2.72. The number of amides is 1. The minimum absolute atomic E-state index is 0.100. The van der Waals surface area contributed by atoms with Gasteiger partial charge in [0, 0.05) is 6.04 Å². The van der Waals surface area contributed by atoms with Crippen molar-refractivity contribution in [3.05, 3.63) is 12.4 Å². The van der Waals surface area contributed by atoms with Crippen LogP contribution in [0.25, 0.3) is 0 Å². The zero-order chi connectivity index (χ0) is 14.8. The molecule has 110 valence electrons. The van der Waals surface area contributed by atoms with Crippen LogP contribution in [-0.4, -0.2) is 36.4 Å². The molecule has 0 radical (unpaired) electrons. The number of nitrogens with zero attached hydrogens (tertiary/aromatic N) is 2. The maximum Gasteiger partial charge on any atom is 0.244 e. The van der Waals surface area contributed by atoms with E-state index >= 15 is 0 Å². The lowest BCUT2D eigenvalue weighted by Gasteiger charge is -2.13. The standard InChI is InChI=1S/C10H16N6O3S/c1-6(9(17)14-7-2-3-7)16-20(18,19)8-4-12-10(15-11)13-5-8/h4-7,16H,2-3,11H2,1H3,(H,14,17)(H,12,13,15). The van der Waals surface area contributed by atoms with Crippen LogP contribution in [0, 0.1) is 0 Å². The van der Waals surface area contributed by atoms with Crippen molar-refractivity contribution in [3.8, 4) is 0 Å². The molecule has 5 N–H and O–H groups in total. The molecule has 1 unspecified atom stereocenters. The zero-order valence-corrected chi connectivity index (χ0v) is 11.6. The first-order valence-electron chi connectivity index (χ1n) is 6.04. The lowest BCUT2D eigenvalue weighted by atomic mass is 10.3. The largest absolute Gasteiger partial charge is 0.352 e. The molecule has 1 atom stereocenters. The molecule has 0 aliphatic heterocycles. The summed E-state index contributed by atoms with van der Waals surface area (Å²) in [5.74, 6) is 4.84. The summed E-state index contributed by atoms with van der Waals surface area (Å²) in [4.78, 5) is 19.0. The first-order valence-corrected chi connectivity index (χ1v) is 7.52. The second-order valence-electron chi connectivity index (χ2n) is 4.51. The first kappa shape index (κ1) is 14.6. The third-order valence-corrected chi connectivity index (χ3v) is 4.21. The molecule has 1 heterocycles. The highest BCUT2D eigenvalue weighted by Gasteiger charge is 2.28. The number of carbonyl (C=O) groups is 1. The average molecular weight is 300 g/mol. The van der Waals surface area contributed by atoms with Crippen LogP contribution in [-0.2, 0) is 14.8 Å². The Morgan fingerprint density at radius 3 is 2.50 bits per heavy atom. The van der Waals surface area contributed by atoms with Gasteiger partial charge in [0.25, 0.3) is 0 Å². The highest BCUT2D eigenvalue weighted by Crippen LogP contribution is 2.18. The minimum Gasteiger partial charge on any atom is -0.352 e. The Balaban J connectivity index is 2.03. The Bertz CT molecular complexity index is 584. The van der Waals surface area contributed by atoms with E-state index in [0.29, 0.717) is 0 Å². The maximum atomic E-state index is 12.0. The molecule has 1 saturated carbocycles. The molecular formula is C10H16N6O3S.